The van der Waals surface area contributed by atoms with Crippen molar-refractivity contribution in [2.24, 2.45) is 0 Å². The minimum absolute atomic E-state index is 0.124. The first-order valence-electron chi connectivity index (χ1n) is 7.34. The summed E-state index contributed by atoms with van der Waals surface area (Å²) in [6.07, 6.45) is 2.62. The average Bonchev–Trinajstić information content (AvgIpc) is 2.48. The molecule has 6 nitrogen and oxygen atoms in total. The summed E-state index contributed by atoms with van der Waals surface area (Å²) in [4.78, 5) is 18.1. The Kier molecular flexibility index (Phi) is 8.38. The fraction of sp³-hybridized carbons (Fsp3) is 0.600. The molecule has 0 aromatic carbocycles. The Balaban J connectivity index is 2.22. The number of likely N-dealkylation sites (N-methyl/N-ethyl adjacent to an activating group) is 1. The lowest BCUT2D eigenvalue weighted by Crippen LogP contribution is -2.28. The van der Waals surface area contributed by atoms with Crippen LogP contribution in [0.3, 0.4) is 0 Å². The zero-order valence-corrected chi connectivity index (χ0v) is 13.2. The smallest absolute Gasteiger partial charge is 0.252 e. The lowest BCUT2D eigenvalue weighted by molar-refractivity contribution is 0.0900. The van der Waals surface area contributed by atoms with Gasteiger partial charge >= 0.3 is 0 Å². The van der Waals surface area contributed by atoms with Crippen LogP contribution in [-0.4, -0.2) is 62.7 Å². The van der Waals surface area contributed by atoms with Gasteiger partial charge in [0.1, 0.15) is 5.82 Å². The van der Waals surface area contributed by atoms with Crippen LogP contribution >= 0.6 is 0 Å². The molecular formula is C15H26N4O2. The van der Waals surface area contributed by atoms with Gasteiger partial charge in [0.05, 0.1) is 18.8 Å². The van der Waals surface area contributed by atoms with E-state index in [0.29, 0.717) is 25.3 Å². The number of amides is 1. The molecular weight excluding hydrogens is 268 g/mol. The summed E-state index contributed by atoms with van der Waals surface area (Å²) in [6.45, 7) is 5.54. The van der Waals surface area contributed by atoms with Crippen molar-refractivity contribution in [2.75, 3.05) is 52.3 Å². The largest absolute Gasteiger partial charge is 0.378 e. The number of carbonyl (C=O) groups excluding carboxylic acids is 1. The molecule has 0 spiro atoms. The maximum absolute atomic E-state index is 11.9. The molecule has 6 heteroatoms. The third kappa shape index (κ3) is 7.63. The highest BCUT2D eigenvalue weighted by Gasteiger charge is 2.05. The van der Waals surface area contributed by atoms with E-state index in [1.165, 1.54) is 0 Å². The van der Waals surface area contributed by atoms with Gasteiger partial charge in [0, 0.05) is 25.8 Å². The summed E-state index contributed by atoms with van der Waals surface area (Å²) in [5.74, 6) is 0.668. The molecule has 0 atom stereocenters. The number of ether oxygens (including phenoxy) is 1. The Morgan fingerprint density at radius 2 is 2.10 bits per heavy atom. The van der Waals surface area contributed by atoms with Gasteiger partial charge in [-0.2, -0.15) is 0 Å². The predicted octanol–water partition coefficient (Wildman–Crippen LogP) is 1.21. The number of aromatic nitrogens is 1. The Morgan fingerprint density at radius 3 is 2.71 bits per heavy atom. The third-order valence-corrected chi connectivity index (χ3v) is 2.80. The molecule has 0 saturated heterocycles. The van der Waals surface area contributed by atoms with E-state index >= 15 is 0 Å². The fourth-order valence-corrected chi connectivity index (χ4v) is 1.57. The van der Waals surface area contributed by atoms with Crippen LogP contribution in [0, 0.1) is 0 Å². The Hall–Kier alpha value is -1.66. The highest BCUT2D eigenvalue weighted by Crippen LogP contribution is 2.04. The van der Waals surface area contributed by atoms with Gasteiger partial charge in [-0.05, 0) is 32.6 Å². The van der Waals surface area contributed by atoms with Crippen LogP contribution in [0.5, 0.6) is 0 Å². The summed E-state index contributed by atoms with van der Waals surface area (Å²) in [5.41, 5.74) is 0.560. The molecule has 21 heavy (non-hydrogen) atoms. The summed E-state index contributed by atoms with van der Waals surface area (Å²) in [6, 6.07) is 3.59. The van der Waals surface area contributed by atoms with Crippen molar-refractivity contribution in [3.8, 4) is 0 Å². The van der Waals surface area contributed by atoms with Gasteiger partial charge < -0.3 is 20.3 Å². The second-order valence-corrected chi connectivity index (χ2v) is 5.03. The zero-order chi connectivity index (χ0) is 15.5. The number of hydrogen-bond acceptors (Lipinski definition) is 5. The minimum atomic E-state index is -0.124. The number of hydrogen-bond donors (Lipinski definition) is 2. The number of rotatable bonds is 10. The topological polar surface area (TPSA) is 66.5 Å². The molecule has 0 aliphatic rings. The van der Waals surface area contributed by atoms with E-state index in [9.17, 15) is 4.79 Å². The number of pyridine rings is 1. The molecule has 0 aliphatic heterocycles. The van der Waals surface area contributed by atoms with Crippen molar-refractivity contribution in [1.82, 2.24) is 15.2 Å². The van der Waals surface area contributed by atoms with Crippen LogP contribution in [0.2, 0.25) is 0 Å². The molecule has 1 rings (SSSR count). The quantitative estimate of drug-likeness (QED) is 0.635. The number of nitrogens with one attached hydrogen (secondary N) is 2. The van der Waals surface area contributed by atoms with Gasteiger partial charge in [0.15, 0.2) is 0 Å². The second-order valence-electron chi connectivity index (χ2n) is 5.03. The van der Waals surface area contributed by atoms with E-state index in [2.05, 4.69) is 27.4 Å². The summed E-state index contributed by atoms with van der Waals surface area (Å²) in [7, 11) is 3.99. The fourth-order valence-electron chi connectivity index (χ4n) is 1.57. The van der Waals surface area contributed by atoms with E-state index in [1.807, 2.05) is 20.2 Å². The highest BCUT2D eigenvalue weighted by molar-refractivity contribution is 5.94. The van der Waals surface area contributed by atoms with E-state index in [4.69, 9.17) is 4.74 Å². The SMILES string of the molecule is CCCNc1ccc(C(=O)NCCOCCN(C)C)cn1. The average molecular weight is 294 g/mol. The Bertz CT molecular complexity index is 407. The van der Waals surface area contributed by atoms with Crippen molar-refractivity contribution in [1.29, 1.82) is 0 Å². The van der Waals surface area contributed by atoms with Gasteiger partial charge in [0.2, 0.25) is 0 Å². The van der Waals surface area contributed by atoms with Gasteiger partial charge in [-0.3, -0.25) is 4.79 Å². The van der Waals surface area contributed by atoms with Crippen LogP contribution < -0.4 is 10.6 Å². The first-order chi connectivity index (χ1) is 10.1. The summed E-state index contributed by atoms with van der Waals surface area (Å²) in [5, 5.41) is 5.98. The van der Waals surface area contributed by atoms with Crippen LogP contribution in [0.25, 0.3) is 0 Å². The van der Waals surface area contributed by atoms with Crippen LogP contribution in [0.4, 0.5) is 5.82 Å². The predicted molar refractivity (Wildman–Crippen MR) is 84.7 cm³/mol. The molecule has 1 heterocycles. The molecule has 0 unspecified atom stereocenters. The maximum atomic E-state index is 11.9. The van der Waals surface area contributed by atoms with Gasteiger partial charge in [-0.25, -0.2) is 4.98 Å². The van der Waals surface area contributed by atoms with Crippen molar-refractivity contribution < 1.29 is 9.53 Å². The van der Waals surface area contributed by atoms with Gasteiger partial charge in [0.25, 0.3) is 5.91 Å². The lowest BCUT2D eigenvalue weighted by atomic mass is 10.2. The zero-order valence-electron chi connectivity index (χ0n) is 13.2. The van der Waals surface area contributed by atoms with Gasteiger partial charge in [-0.1, -0.05) is 6.92 Å². The highest BCUT2D eigenvalue weighted by atomic mass is 16.5. The second kappa shape index (κ2) is 10.1. The third-order valence-electron chi connectivity index (χ3n) is 2.80. The monoisotopic (exact) mass is 294 g/mol. The van der Waals surface area contributed by atoms with E-state index in [-0.39, 0.29) is 5.91 Å². The minimum Gasteiger partial charge on any atom is -0.378 e. The maximum Gasteiger partial charge on any atom is 0.252 e. The lowest BCUT2D eigenvalue weighted by Gasteiger charge is -2.10. The van der Waals surface area contributed by atoms with Crippen LogP contribution in [0.15, 0.2) is 18.3 Å². The standard InChI is InChI=1S/C15H26N4O2/c1-4-7-16-14-6-5-13(12-18-14)15(20)17-8-10-21-11-9-19(2)3/h5-6,12H,4,7-11H2,1-3H3,(H,16,18)(H,17,20). The van der Waals surface area contributed by atoms with E-state index < -0.39 is 0 Å². The normalized spacial score (nSPS) is 10.7. The van der Waals surface area contributed by atoms with Crippen LogP contribution in [0.1, 0.15) is 23.7 Å². The first kappa shape index (κ1) is 17.4. The molecule has 2 N–H and O–H groups in total. The molecule has 118 valence electrons. The molecule has 0 fully saturated rings. The number of carbonyl (C=O) groups is 1. The molecule has 1 aromatic heterocycles. The number of nitrogens with zero attached hydrogens (tertiary/aromatic N) is 2. The molecule has 0 aliphatic carbocycles. The molecule has 1 aromatic rings. The van der Waals surface area contributed by atoms with Gasteiger partial charge in [-0.15, -0.1) is 0 Å². The Morgan fingerprint density at radius 1 is 1.29 bits per heavy atom. The summed E-state index contributed by atoms with van der Waals surface area (Å²) < 4.78 is 5.41. The first-order valence-corrected chi connectivity index (χ1v) is 7.34. The van der Waals surface area contributed by atoms with Crippen molar-refractivity contribution in [2.45, 2.75) is 13.3 Å². The molecule has 1 amide bonds. The van der Waals surface area contributed by atoms with Crippen molar-refractivity contribution in [3.63, 3.8) is 0 Å². The van der Waals surface area contributed by atoms with Crippen molar-refractivity contribution >= 4 is 11.7 Å². The van der Waals surface area contributed by atoms with E-state index in [0.717, 1.165) is 25.3 Å². The van der Waals surface area contributed by atoms with E-state index in [1.54, 1.807) is 12.3 Å². The summed E-state index contributed by atoms with van der Waals surface area (Å²) >= 11 is 0. The van der Waals surface area contributed by atoms with Crippen molar-refractivity contribution in [3.05, 3.63) is 23.9 Å². The molecule has 0 saturated carbocycles. The molecule has 0 bridgehead atoms. The Labute approximate surface area is 126 Å². The number of anilines is 1. The van der Waals surface area contributed by atoms with Crippen LogP contribution in [-0.2, 0) is 4.74 Å². The molecule has 0 radical (unpaired) electrons.